The summed E-state index contributed by atoms with van der Waals surface area (Å²) in [4.78, 5) is 11.5. The van der Waals surface area contributed by atoms with E-state index in [1.807, 2.05) is 31.2 Å². The molecule has 1 N–H and O–H groups in total. The molecule has 0 radical (unpaired) electrons. The summed E-state index contributed by atoms with van der Waals surface area (Å²) < 4.78 is 0. The summed E-state index contributed by atoms with van der Waals surface area (Å²) in [5.41, 5.74) is 2.07. The van der Waals surface area contributed by atoms with E-state index in [0.717, 1.165) is 30.4 Å². The van der Waals surface area contributed by atoms with Crippen LogP contribution in [0.1, 0.15) is 81.8 Å². The summed E-state index contributed by atoms with van der Waals surface area (Å²) >= 11 is 0. The SMILES string of the molecule is CCCCCCCCCCC(C(=O)O)c1ccccc1C. The number of hydrogen-bond acceptors (Lipinski definition) is 1. The molecule has 1 unspecified atom stereocenters. The highest BCUT2D eigenvalue weighted by Gasteiger charge is 2.20. The summed E-state index contributed by atoms with van der Waals surface area (Å²) in [6, 6.07) is 7.86. The number of hydrogen-bond donors (Lipinski definition) is 1. The Morgan fingerprint density at radius 2 is 1.57 bits per heavy atom. The normalized spacial score (nSPS) is 12.3. The highest BCUT2D eigenvalue weighted by molar-refractivity contribution is 5.76. The Morgan fingerprint density at radius 3 is 2.14 bits per heavy atom. The van der Waals surface area contributed by atoms with Gasteiger partial charge in [-0.2, -0.15) is 0 Å². The smallest absolute Gasteiger partial charge is 0.310 e. The molecular formula is C19H30O2. The van der Waals surface area contributed by atoms with E-state index in [9.17, 15) is 9.90 Å². The van der Waals surface area contributed by atoms with Gasteiger partial charge in [0.1, 0.15) is 0 Å². The highest BCUT2D eigenvalue weighted by atomic mass is 16.4. The Balaban J connectivity index is 2.30. The van der Waals surface area contributed by atoms with Gasteiger partial charge >= 0.3 is 5.97 Å². The summed E-state index contributed by atoms with van der Waals surface area (Å²) in [5.74, 6) is -1.03. The predicted molar refractivity (Wildman–Crippen MR) is 88.8 cm³/mol. The van der Waals surface area contributed by atoms with Crippen molar-refractivity contribution in [2.24, 2.45) is 0 Å². The molecule has 118 valence electrons. The zero-order chi connectivity index (χ0) is 15.5. The van der Waals surface area contributed by atoms with E-state index in [2.05, 4.69) is 6.92 Å². The average Bonchev–Trinajstić information content (AvgIpc) is 2.46. The molecule has 1 rings (SSSR count). The van der Waals surface area contributed by atoms with E-state index < -0.39 is 5.97 Å². The molecular weight excluding hydrogens is 260 g/mol. The standard InChI is InChI=1S/C19H30O2/c1-3-4-5-6-7-8-9-10-15-18(19(20)21)17-14-12-11-13-16(17)2/h11-14,18H,3-10,15H2,1-2H3,(H,20,21). The van der Waals surface area contributed by atoms with Crippen LogP contribution in [0.4, 0.5) is 0 Å². The summed E-state index contributed by atoms with van der Waals surface area (Å²) in [6.45, 7) is 4.23. The molecule has 2 heteroatoms. The molecule has 0 fully saturated rings. The number of unbranched alkanes of at least 4 members (excludes halogenated alkanes) is 7. The van der Waals surface area contributed by atoms with Crippen molar-refractivity contribution < 1.29 is 9.90 Å². The Kier molecular flexibility index (Phi) is 8.80. The summed E-state index contributed by atoms with van der Waals surface area (Å²) in [6.07, 6.45) is 10.8. The van der Waals surface area contributed by atoms with Gasteiger partial charge in [0, 0.05) is 0 Å². The van der Waals surface area contributed by atoms with Crippen LogP contribution < -0.4 is 0 Å². The van der Waals surface area contributed by atoms with Gasteiger partial charge in [0.2, 0.25) is 0 Å². The van der Waals surface area contributed by atoms with Crippen LogP contribution in [0, 0.1) is 6.92 Å². The molecule has 0 heterocycles. The van der Waals surface area contributed by atoms with Gasteiger partial charge in [0.05, 0.1) is 5.92 Å². The van der Waals surface area contributed by atoms with Crippen LogP contribution in [0.5, 0.6) is 0 Å². The molecule has 1 aromatic rings. The number of carboxylic acids is 1. The molecule has 0 spiro atoms. The zero-order valence-corrected chi connectivity index (χ0v) is 13.6. The Morgan fingerprint density at radius 1 is 1.00 bits per heavy atom. The zero-order valence-electron chi connectivity index (χ0n) is 13.6. The molecule has 1 aromatic carbocycles. The number of aryl methyl sites for hydroxylation is 1. The highest BCUT2D eigenvalue weighted by Crippen LogP contribution is 2.26. The largest absolute Gasteiger partial charge is 0.481 e. The second-order valence-corrected chi connectivity index (χ2v) is 6.01. The van der Waals surface area contributed by atoms with Gasteiger partial charge < -0.3 is 5.11 Å². The molecule has 0 saturated carbocycles. The topological polar surface area (TPSA) is 37.3 Å². The fourth-order valence-corrected chi connectivity index (χ4v) is 2.87. The number of carboxylic acid groups (broad SMARTS) is 1. The lowest BCUT2D eigenvalue weighted by atomic mass is 9.90. The quantitative estimate of drug-likeness (QED) is 0.531. The minimum absolute atomic E-state index is 0.341. The van der Waals surface area contributed by atoms with Crippen molar-refractivity contribution in [1.82, 2.24) is 0 Å². The lowest BCUT2D eigenvalue weighted by Gasteiger charge is -2.15. The Bertz CT molecular complexity index is 412. The van der Waals surface area contributed by atoms with Gasteiger partial charge in [-0.25, -0.2) is 0 Å². The fraction of sp³-hybridized carbons (Fsp3) is 0.632. The summed E-state index contributed by atoms with van der Waals surface area (Å²) in [5, 5.41) is 9.45. The number of carbonyl (C=O) groups is 1. The van der Waals surface area contributed by atoms with Crippen molar-refractivity contribution in [2.75, 3.05) is 0 Å². The monoisotopic (exact) mass is 290 g/mol. The Labute approximate surface area is 129 Å². The number of benzene rings is 1. The maximum absolute atomic E-state index is 11.5. The van der Waals surface area contributed by atoms with Crippen LogP contribution in [-0.2, 0) is 4.79 Å². The van der Waals surface area contributed by atoms with Crippen LogP contribution in [0.2, 0.25) is 0 Å². The molecule has 0 amide bonds. The van der Waals surface area contributed by atoms with E-state index in [4.69, 9.17) is 0 Å². The van der Waals surface area contributed by atoms with Crippen LogP contribution in [0.15, 0.2) is 24.3 Å². The third-order valence-electron chi connectivity index (χ3n) is 4.21. The molecule has 0 aromatic heterocycles. The van der Waals surface area contributed by atoms with Gasteiger partial charge in [0.15, 0.2) is 0 Å². The van der Waals surface area contributed by atoms with Gasteiger partial charge in [-0.15, -0.1) is 0 Å². The van der Waals surface area contributed by atoms with E-state index in [1.54, 1.807) is 0 Å². The van der Waals surface area contributed by atoms with E-state index >= 15 is 0 Å². The van der Waals surface area contributed by atoms with Gasteiger partial charge in [-0.1, -0.05) is 82.6 Å². The van der Waals surface area contributed by atoms with E-state index in [-0.39, 0.29) is 5.92 Å². The van der Waals surface area contributed by atoms with Crippen molar-refractivity contribution in [3.63, 3.8) is 0 Å². The van der Waals surface area contributed by atoms with Gasteiger partial charge in [-0.3, -0.25) is 4.79 Å². The Hall–Kier alpha value is -1.31. The second kappa shape index (κ2) is 10.4. The third-order valence-corrected chi connectivity index (χ3v) is 4.21. The molecule has 21 heavy (non-hydrogen) atoms. The number of rotatable bonds is 11. The predicted octanol–water partition coefficient (Wildman–Crippen LogP) is 5.69. The van der Waals surface area contributed by atoms with Crippen LogP contribution in [0.3, 0.4) is 0 Å². The van der Waals surface area contributed by atoms with Gasteiger partial charge in [0.25, 0.3) is 0 Å². The molecule has 2 nitrogen and oxygen atoms in total. The maximum atomic E-state index is 11.5. The lowest BCUT2D eigenvalue weighted by molar-refractivity contribution is -0.139. The van der Waals surface area contributed by atoms with Crippen LogP contribution >= 0.6 is 0 Å². The number of aliphatic carboxylic acids is 1. The first-order chi connectivity index (χ1) is 10.2. The lowest BCUT2D eigenvalue weighted by Crippen LogP contribution is -2.12. The van der Waals surface area contributed by atoms with Crippen LogP contribution in [-0.4, -0.2) is 11.1 Å². The maximum Gasteiger partial charge on any atom is 0.310 e. The first kappa shape index (κ1) is 17.7. The molecule has 0 aliphatic rings. The van der Waals surface area contributed by atoms with Crippen molar-refractivity contribution >= 4 is 5.97 Å². The first-order valence-corrected chi connectivity index (χ1v) is 8.45. The molecule has 0 bridgehead atoms. The molecule has 0 saturated heterocycles. The van der Waals surface area contributed by atoms with E-state index in [1.165, 1.54) is 38.5 Å². The second-order valence-electron chi connectivity index (χ2n) is 6.01. The van der Waals surface area contributed by atoms with Crippen LogP contribution in [0.25, 0.3) is 0 Å². The minimum atomic E-state index is -0.688. The summed E-state index contributed by atoms with van der Waals surface area (Å²) in [7, 11) is 0. The fourth-order valence-electron chi connectivity index (χ4n) is 2.87. The van der Waals surface area contributed by atoms with Crippen molar-refractivity contribution in [2.45, 2.75) is 77.6 Å². The van der Waals surface area contributed by atoms with E-state index in [0.29, 0.717) is 0 Å². The van der Waals surface area contributed by atoms with Gasteiger partial charge in [-0.05, 0) is 24.5 Å². The van der Waals surface area contributed by atoms with Crippen molar-refractivity contribution in [3.8, 4) is 0 Å². The van der Waals surface area contributed by atoms with Crippen molar-refractivity contribution in [3.05, 3.63) is 35.4 Å². The minimum Gasteiger partial charge on any atom is -0.481 e. The first-order valence-electron chi connectivity index (χ1n) is 8.45. The van der Waals surface area contributed by atoms with Crippen molar-refractivity contribution in [1.29, 1.82) is 0 Å². The average molecular weight is 290 g/mol. The third kappa shape index (κ3) is 6.79. The molecule has 1 atom stereocenters. The molecule has 0 aliphatic carbocycles. The molecule has 0 aliphatic heterocycles.